The van der Waals surface area contributed by atoms with Crippen molar-refractivity contribution in [3.05, 3.63) is 35.4 Å². The molecule has 1 atom stereocenters. The monoisotopic (exact) mass is 305 g/mol. The lowest BCUT2D eigenvalue weighted by Crippen LogP contribution is -2.23. The summed E-state index contributed by atoms with van der Waals surface area (Å²) in [4.78, 5) is 0. The zero-order chi connectivity index (χ0) is 15.2. The maximum absolute atomic E-state index is 12.7. The molecule has 0 radical (unpaired) electrons. The standard InChI is InChI=1S/C15H22F3NS/c1-4-19-14(10-20-9-11(2)3)12-6-5-7-13(8-12)15(16,17)18/h5-8,11,14,19H,4,9-10H2,1-3H3. The number of halogens is 3. The van der Waals surface area contributed by atoms with Gasteiger partial charge >= 0.3 is 6.18 Å². The number of hydrogen-bond donors (Lipinski definition) is 1. The molecular formula is C15H22F3NS. The third-order valence-corrected chi connectivity index (χ3v) is 4.27. The van der Waals surface area contributed by atoms with E-state index in [2.05, 4.69) is 19.2 Å². The van der Waals surface area contributed by atoms with Gasteiger partial charge in [0.05, 0.1) is 5.56 Å². The van der Waals surface area contributed by atoms with Crippen LogP contribution in [0, 0.1) is 5.92 Å². The minimum Gasteiger partial charge on any atom is -0.310 e. The molecule has 0 aromatic heterocycles. The average molecular weight is 305 g/mol. The van der Waals surface area contributed by atoms with E-state index in [9.17, 15) is 13.2 Å². The molecular weight excluding hydrogens is 283 g/mol. The number of benzene rings is 1. The highest BCUT2D eigenvalue weighted by Gasteiger charge is 2.30. The van der Waals surface area contributed by atoms with E-state index in [1.54, 1.807) is 17.8 Å². The quantitative estimate of drug-likeness (QED) is 0.780. The van der Waals surface area contributed by atoms with Crippen LogP contribution in [-0.4, -0.2) is 18.1 Å². The van der Waals surface area contributed by atoms with E-state index in [1.807, 2.05) is 6.92 Å². The van der Waals surface area contributed by atoms with Crippen LogP contribution in [0.1, 0.15) is 37.9 Å². The van der Waals surface area contributed by atoms with E-state index in [0.717, 1.165) is 24.1 Å². The molecule has 0 heterocycles. The first-order valence-corrected chi connectivity index (χ1v) is 7.98. The largest absolute Gasteiger partial charge is 0.416 e. The van der Waals surface area contributed by atoms with Gasteiger partial charge < -0.3 is 5.32 Å². The Hall–Kier alpha value is -0.680. The van der Waals surface area contributed by atoms with E-state index < -0.39 is 11.7 Å². The van der Waals surface area contributed by atoms with Crippen LogP contribution in [0.15, 0.2) is 24.3 Å². The van der Waals surface area contributed by atoms with Crippen molar-refractivity contribution < 1.29 is 13.2 Å². The summed E-state index contributed by atoms with van der Waals surface area (Å²) in [6, 6.07) is 5.58. The highest BCUT2D eigenvalue weighted by atomic mass is 32.2. The van der Waals surface area contributed by atoms with Crippen LogP contribution >= 0.6 is 11.8 Å². The van der Waals surface area contributed by atoms with Gasteiger partial charge in [-0.25, -0.2) is 0 Å². The fraction of sp³-hybridized carbons (Fsp3) is 0.600. The predicted molar refractivity (Wildman–Crippen MR) is 80.0 cm³/mol. The Morgan fingerprint density at radius 1 is 1.20 bits per heavy atom. The first-order valence-electron chi connectivity index (χ1n) is 6.82. The maximum atomic E-state index is 12.7. The molecule has 0 bridgehead atoms. The Morgan fingerprint density at radius 3 is 2.45 bits per heavy atom. The van der Waals surface area contributed by atoms with E-state index in [-0.39, 0.29) is 6.04 Å². The third-order valence-electron chi connectivity index (χ3n) is 2.80. The Kier molecular flexibility index (Phi) is 6.89. The van der Waals surface area contributed by atoms with Crippen LogP contribution in [0.4, 0.5) is 13.2 Å². The van der Waals surface area contributed by atoms with Gasteiger partial charge in [-0.2, -0.15) is 24.9 Å². The van der Waals surface area contributed by atoms with E-state index in [0.29, 0.717) is 11.5 Å². The molecule has 0 fully saturated rings. The summed E-state index contributed by atoms with van der Waals surface area (Å²) >= 11 is 1.77. The third kappa shape index (κ3) is 5.75. The molecule has 0 aliphatic rings. The predicted octanol–water partition coefficient (Wildman–Crippen LogP) is 4.75. The summed E-state index contributed by atoms with van der Waals surface area (Å²) in [6.07, 6.45) is -4.28. The van der Waals surface area contributed by atoms with Crippen molar-refractivity contribution in [2.45, 2.75) is 33.0 Å². The minimum atomic E-state index is -4.28. The molecule has 0 saturated heterocycles. The Labute approximate surface area is 123 Å². The van der Waals surface area contributed by atoms with Gasteiger partial charge in [-0.05, 0) is 35.9 Å². The van der Waals surface area contributed by atoms with Crippen LogP contribution in [-0.2, 0) is 6.18 Å². The van der Waals surface area contributed by atoms with E-state index in [1.165, 1.54) is 12.1 Å². The highest BCUT2D eigenvalue weighted by molar-refractivity contribution is 7.99. The number of thioether (sulfide) groups is 1. The first-order chi connectivity index (χ1) is 9.34. The fourth-order valence-electron chi connectivity index (χ4n) is 1.87. The van der Waals surface area contributed by atoms with Crippen molar-refractivity contribution in [1.29, 1.82) is 0 Å². The number of nitrogens with one attached hydrogen (secondary N) is 1. The molecule has 1 rings (SSSR count). The van der Waals surface area contributed by atoms with Crippen molar-refractivity contribution in [2.24, 2.45) is 5.92 Å². The summed E-state index contributed by atoms with van der Waals surface area (Å²) in [5.74, 6) is 2.39. The summed E-state index contributed by atoms with van der Waals surface area (Å²) in [5.41, 5.74) is 0.129. The van der Waals surface area contributed by atoms with Crippen molar-refractivity contribution in [3.8, 4) is 0 Å². The lowest BCUT2D eigenvalue weighted by atomic mass is 10.0. The molecule has 1 unspecified atom stereocenters. The van der Waals surface area contributed by atoms with Gasteiger partial charge in [-0.3, -0.25) is 0 Å². The van der Waals surface area contributed by atoms with Crippen molar-refractivity contribution in [2.75, 3.05) is 18.1 Å². The Bertz CT molecular complexity index is 404. The molecule has 1 aromatic carbocycles. The lowest BCUT2D eigenvalue weighted by molar-refractivity contribution is -0.137. The molecule has 0 aliphatic heterocycles. The molecule has 0 spiro atoms. The molecule has 0 saturated carbocycles. The Morgan fingerprint density at radius 2 is 1.90 bits per heavy atom. The normalized spacial score (nSPS) is 13.8. The maximum Gasteiger partial charge on any atom is 0.416 e. The number of alkyl halides is 3. The van der Waals surface area contributed by atoms with Crippen LogP contribution in [0.2, 0.25) is 0 Å². The van der Waals surface area contributed by atoms with Crippen molar-refractivity contribution >= 4 is 11.8 Å². The van der Waals surface area contributed by atoms with E-state index in [4.69, 9.17) is 0 Å². The van der Waals surface area contributed by atoms with Crippen molar-refractivity contribution in [1.82, 2.24) is 5.32 Å². The second-order valence-corrected chi connectivity index (χ2v) is 6.24. The molecule has 1 nitrogen and oxygen atoms in total. The lowest BCUT2D eigenvalue weighted by Gasteiger charge is -2.20. The van der Waals surface area contributed by atoms with Gasteiger partial charge in [0.2, 0.25) is 0 Å². The second-order valence-electron chi connectivity index (χ2n) is 5.16. The van der Waals surface area contributed by atoms with Gasteiger partial charge in [0.25, 0.3) is 0 Å². The fourth-order valence-corrected chi connectivity index (χ4v) is 3.03. The molecule has 1 aromatic rings. The smallest absolute Gasteiger partial charge is 0.310 e. The SMILES string of the molecule is CCNC(CSCC(C)C)c1cccc(C(F)(F)F)c1. The van der Waals surface area contributed by atoms with Gasteiger partial charge in [-0.1, -0.05) is 32.9 Å². The molecule has 0 aliphatic carbocycles. The van der Waals surface area contributed by atoms with Crippen LogP contribution in [0.3, 0.4) is 0 Å². The number of rotatable bonds is 7. The molecule has 1 N–H and O–H groups in total. The first kappa shape index (κ1) is 17.4. The molecule has 5 heteroatoms. The summed E-state index contributed by atoms with van der Waals surface area (Å²) in [6.45, 7) is 6.98. The zero-order valence-corrected chi connectivity index (χ0v) is 12.9. The number of hydrogen-bond acceptors (Lipinski definition) is 2. The molecule has 114 valence electrons. The van der Waals surface area contributed by atoms with Gasteiger partial charge in [-0.15, -0.1) is 0 Å². The van der Waals surface area contributed by atoms with Gasteiger partial charge in [0, 0.05) is 11.8 Å². The van der Waals surface area contributed by atoms with Crippen LogP contribution < -0.4 is 5.32 Å². The summed E-state index contributed by atoms with van der Waals surface area (Å²) in [5, 5.41) is 3.26. The van der Waals surface area contributed by atoms with Crippen LogP contribution in [0.25, 0.3) is 0 Å². The highest BCUT2D eigenvalue weighted by Crippen LogP contribution is 2.31. The topological polar surface area (TPSA) is 12.0 Å². The summed E-state index contributed by atoms with van der Waals surface area (Å²) < 4.78 is 38.2. The minimum absolute atomic E-state index is 0.0361. The van der Waals surface area contributed by atoms with Gasteiger partial charge in [0.1, 0.15) is 0 Å². The molecule has 20 heavy (non-hydrogen) atoms. The van der Waals surface area contributed by atoms with Crippen molar-refractivity contribution in [3.63, 3.8) is 0 Å². The van der Waals surface area contributed by atoms with Crippen LogP contribution in [0.5, 0.6) is 0 Å². The molecule has 0 amide bonds. The average Bonchev–Trinajstić information content (AvgIpc) is 2.36. The second kappa shape index (κ2) is 7.93. The van der Waals surface area contributed by atoms with E-state index >= 15 is 0 Å². The zero-order valence-electron chi connectivity index (χ0n) is 12.1. The van der Waals surface area contributed by atoms with Gasteiger partial charge in [0.15, 0.2) is 0 Å². The Balaban J connectivity index is 2.80. The summed E-state index contributed by atoms with van der Waals surface area (Å²) in [7, 11) is 0.